The highest BCUT2D eigenvalue weighted by molar-refractivity contribution is 8.00. The van der Waals surface area contributed by atoms with Crippen molar-refractivity contribution in [3.05, 3.63) is 0 Å². The van der Waals surface area contributed by atoms with Gasteiger partial charge < -0.3 is 16.6 Å². The summed E-state index contributed by atoms with van der Waals surface area (Å²) in [5, 5.41) is 8.14. The van der Waals surface area contributed by atoms with E-state index in [1.807, 2.05) is 0 Å². The lowest BCUT2D eigenvalue weighted by Gasteiger charge is -2.08. The lowest BCUT2D eigenvalue weighted by Crippen LogP contribution is -2.31. The SMILES string of the molecule is CC(SCCC(N)C(=O)O)C(N)=O. The van der Waals surface area contributed by atoms with E-state index in [0.29, 0.717) is 12.2 Å². The van der Waals surface area contributed by atoms with E-state index in [1.165, 1.54) is 11.8 Å². The van der Waals surface area contributed by atoms with E-state index in [2.05, 4.69) is 0 Å². The number of rotatable bonds is 6. The number of hydrogen-bond acceptors (Lipinski definition) is 4. The van der Waals surface area contributed by atoms with Gasteiger partial charge in [0.05, 0.1) is 5.25 Å². The normalized spacial score (nSPS) is 14.9. The average molecular weight is 206 g/mol. The molecule has 0 radical (unpaired) electrons. The molecule has 0 aliphatic rings. The van der Waals surface area contributed by atoms with Crippen LogP contribution >= 0.6 is 11.8 Å². The molecule has 0 aromatic rings. The van der Waals surface area contributed by atoms with E-state index in [0.717, 1.165) is 0 Å². The number of nitrogens with two attached hydrogens (primary N) is 2. The molecule has 0 aliphatic carbocycles. The van der Waals surface area contributed by atoms with Crippen LogP contribution in [0.2, 0.25) is 0 Å². The quantitative estimate of drug-likeness (QED) is 0.537. The molecule has 5 nitrogen and oxygen atoms in total. The number of amides is 1. The lowest BCUT2D eigenvalue weighted by molar-refractivity contribution is -0.138. The number of carbonyl (C=O) groups is 2. The fraction of sp³-hybridized carbons (Fsp3) is 0.714. The number of aliphatic carboxylic acids is 1. The van der Waals surface area contributed by atoms with Crippen LogP contribution in [0, 0.1) is 0 Å². The molecule has 0 rings (SSSR count). The van der Waals surface area contributed by atoms with Crippen molar-refractivity contribution >= 4 is 23.6 Å². The summed E-state index contributed by atoms with van der Waals surface area (Å²) in [6.07, 6.45) is 0.345. The number of thioether (sulfide) groups is 1. The average Bonchev–Trinajstić information content (AvgIpc) is 2.03. The fourth-order valence-electron chi connectivity index (χ4n) is 0.577. The topological polar surface area (TPSA) is 106 Å². The summed E-state index contributed by atoms with van der Waals surface area (Å²) in [5.74, 6) is -0.890. The minimum Gasteiger partial charge on any atom is -0.480 e. The summed E-state index contributed by atoms with van der Waals surface area (Å²) >= 11 is 1.31. The maximum Gasteiger partial charge on any atom is 0.320 e. The Morgan fingerprint density at radius 3 is 2.46 bits per heavy atom. The second kappa shape index (κ2) is 5.82. The molecule has 0 aliphatic heterocycles. The first kappa shape index (κ1) is 12.2. The molecular weight excluding hydrogens is 192 g/mol. The lowest BCUT2D eigenvalue weighted by atomic mass is 10.2. The van der Waals surface area contributed by atoms with Crippen LogP contribution in [0.15, 0.2) is 0 Å². The molecular formula is C7H14N2O3S. The summed E-state index contributed by atoms with van der Waals surface area (Å²) in [7, 11) is 0. The van der Waals surface area contributed by atoms with Gasteiger partial charge in [0.15, 0.2) is 0 Å². The van der Waals surface area contributed by atoms with Gasteiger partial charge in [0.2, 0.25) is 5.91 Å². The first-order valence-corrected chi connectivity index (χ1v) is 4.89. The monoisotopic (exact) mass is 206 g/mol. The van der Waals surface area contributed by atoms with Gasteiger partial charge >= 0.3 is 5.97 Å². The summed E-state index contributed by atoms with van der Waals surface area (Å²) in [5.41, 5.74) is 10.3. The van der Waals surface area contributed by atoms with Gasteiger partial charge in [-0.3, -0.25) is 9.59 Å². The number of carboxylic acids is 1. The maximum atomic E-state index is 10.6. The Labute approximate surface area is 80.8 Å². The Hall–Kier alpha value is -0.750. The fourth-order valence-corrected chi connectivity index (χ4v) is 1.49. The first-order valence-electron chi connectivity index (χ1n) is 3.84. The summed E-state index contributed by atoms with van der Waals surface area (Å²) < 4.78 is 0. The van der Waals surface area contributed by atoms with Crippen molar-refractivity contribution in [3.63, 3.8) is 0 Å². The standard InChI is InChI=1S/C7H14N2O3S/c1-4(6(9)10)13-3-2-5(8)7(11)12/h4-5H,2-3,8H2,1H3,(H2,9,10)(H,11,12). The molecule has 1 amide bonds. The number of carbonyl (C=O) groups excluding carboxylic acids is 1. The van der Waals surface area contributed by atoms with Crippen LogP contribution in [0.4, 0.5) is 0 Å². The largest absolute Gasteiger partial charge is 0.480 e. The van der Waals surface area contributed by atoms with E-state index in [1.54, 1.807) is 6.92 Å². The van der Waals surface area contributed by atoms with Crippen molar-refractivity contribution in [1.82, 2.24) is 0 Å². The molecule has 0 saturated heterocycles. The van der Waals surface area contributed by atoms with E-state index in [4.69, 9.17) is 16.6 Å². The molecule has 0 bridgehead atoms. The molecule has 0 aromatic carbocycles. The second-order valence-electron chi connectivity index (χ2n) is 2.65. The van der Waals surface area contributed by atoms with E-state index < -0.39 is 17.9 Å². The summed E-state index contributed by atoms with van der Waals surface area (Å²) in [4.78, 5) is 20.8. The predicted molar refractivity (Wildman–Crippen MR) is 51.3 cm³/mol. The Morgan fingerprint density at radius 2 is 2.08 bits per heavy atom. The zero-order valence-corrected chi connectivity index (χ0v) is 8.21. The van der Waals surface area contributed by atoms with E-state index >= 15 is 0 Å². The van der Waals surface area contributed by atoms with Crippen LogP contribution in [0.5, 0.6) is 0 Å². The highest BCUT2D eigenvalue weighted by Gasteiger charge is 2.13. The van der Waals surface area contributed by atoms with Crippen molar-refractivity contribution in [2.45, 2.75) is 24.6 Å². The molecule has 76 valence electrons. The molecule has 2 atom stereocenters. The minimum atomic E-state index is -1.02. The third-order valence-electron chi connectivity index (χ3n) is 1.51. The van der Waals surface area contributed by atoms with Crippen molar-refractivity contribution in [2.75, 3.05) is 5.75 Å². The van der Waals surface area contributed by atoms with Gasteiger partial charge in [0.1, 0.15) is 6.04 Å². The Balaban J connectivity index is 3.56. The molecule has 0 aromatic heterocycles. The van der Waals surface area contributed by atoms with Crippen LogP contribution in [0.1, 0.15) is 13.3 Å². The number of carboxylic acid groups (broad SMARTS) is 1. The Kier molecular flexibility index (Phi) is 5.48. The zero-order chi connectivity index (χ0) is 10.4. The van der Waals surface area contributed by atoms with Gasteiger partial charge in [0.25, 0.3) is 0 Å². The van der Waals surface area contributed by atoms with Crippen molar-refractivity contribution in [3.8, 4) is 0 Å². The summed E-state index contributed by atoms with van der Waals surface area (Å²) in [6, 6.07) is -0.854. The van der Waals surface area contributed by atoms with E-state index in [9.17, 15) is 9.59 Å². The predicted octanol–water partition coefficient (Wildman–Crippen LogP) is -0.605. The third kappa shape index (κ3) is 5.48. The van der Waals surface area contributed by atoms with E-state index in [-0.39, 0.29) is 5.25 Å². The number of hydrogen-bond donors (Lipinski definition) is 3. The molecule has 0 spiro atoms. The maximum absolute atomic E-state index is 10.6. The second-order valence-corrected chi connectivity index (χ2v) is 4.10. The Bertz CT molecular complexity index is 178. The number of primary amides is 1. The van der Waals surface area contributed by atoms with Crippen LogP contribution in [-0.4, -0.2) is 34.0 Å². The molecule has 0 saturated carbocycles. The first-order chi connectivity index (χ1) is 5.95. The van der Waals surface area contributed by atoms with Gasteiger partial charge in [-0.05, 0) is 19.1 Å². The van der Waals surface area contributed by atoms with Gasteiger partial charge in [-0.1, -0.05) is 0 Å². The zero-order valence-electron chi connectivity index (χ0n) is 7.40. The van der Waals surface area contributed by atoms with Gasteiger partial charge in [-0.15, -0.1) is 11.8 Å². The third-order valence-corrected chi connectivity index (χ3v) is 2.72. The van der Waals surface area contributed by atoms with Crippen LogP contribution in [0.3, 0.4) is 0 Å². The molecule has 13 heavy (non-hydrogen) atoms. The van der Waals surface area contributed by atoms with Crippen LogP contribution in [0.25, 0.3) is 0 Å². The van der Waals surface area contributed by atoms with Gasteiger partial charge in [-0.25, -0.2) is 0 Å². The van der Waals surface area contributed by atoms with Crippen LogP contribution in [-0.2, 0) is 9.59 Å². The molecule has 6 heteroatoms. The van der Waals surface area contributed by atoms with Gasteiger partial charge in [-0.2, -0.15) is 0 Å². The Morgan fingerprint density at radius 1 is 1.54 bits per heavy atom. The highest BCUT2D eigenvalue weighted by atomic mass is 32.2. The minimum absolute atomic E-state index is 0.291. The molecule has 5 N–H and O–H groups in total. The summed E-state index contributed by atoms with van der Waals surface area (Å²) in [6.45, 7) is 1.68. The highest BCUT2D eigenvalue weighted by Crippen LogP contribution is 2.11. The molecule has 0 heterocycles. The molecule has 0 fully saturated rings. The van der Waals surface area contributed by atoms with Crippen molar-refractivity contribution < 1.29 is 14.7 Å². The molecule has 2 unspecified atom stereocenters. The van der Waals surface area contributed by atoms with Gasteiger partial charge in [0, 0.05) is 0 Å². The van der Waals surface area contributed by atoms with Crippen LogP contribution < -0.4 is 11.5 Å². The van der Waals surface area contributed by atoms with Crippen molar-refractivity contribution in [2.24, 2.45) is 11.5 Å². The van der Waals surface area contributed by atoms with Crippen molar-refractivity contribution in [1.29, 1.82) is 0 Å². The smallest absolute Gasteiger partial charge is 0.320 e.